The van der Waals surface area contributed by atoms with Crippen LogP contribution in [-0.4, -0.2) is 82.1 Å². The van der Waals surface area contributed by atoms with Crippen LogP contribution < -0.4 is 9.21 Å². The first kappa shape index (κ1) is 22.0. The molecule has 2 saturated heterocycles. The van der Waals surface area contributed by atoms with Crippen LogP contribution in [0, 0.1) is 0 Å². The molecule has 1 aromatic heterocycles. The lowest BCUT2D eigenvalue weighted by atomic mass is 10.0. The molecule has 0 radical (unpaired) electrons. The van der Waals surface area contributed by atoms with Gasteiger partial charge in [-0.2, -0.15) is 0 Å². The molecule has 0 N–H and O–H groups in total. The van der Waals surface area contributed by atoms with Crippen molar-refractivity contribution in [2.45, 2.75) is 30.7 Å². The van der Waals surface area contributed by atoms with Crippen LogP contribution in [-0.2, 0) is 10.0 Å². The Morgan fingerprint density at radius 2 is 1.77 bits per heavy atom. The van der Waals surface area contributed by atoms with E-state index in [0.717, 1.165) is 38.5 Å². The Hall–Kier alpha value is -2.16. The normalized spacial score (nSPS) is 21.2. The molecule has 0 saturated carbocycles. The number of likely N-dealkylation sites (tertiary alicyclic amines) is 1. The molecule has 4 rings (SSSR count). The third-order valence-electron chi connectivity index (χ3n) is 6.39. The van der Waals surface area contributed by atoms with Crippen molar-refractivity contribution in [1.29, 1.82) is 0 Å². The Morgan fingerprint density at radius 3 is 2.39 bits per heavy atom. The van der Waals surface area contributed by atoms with Crippen LogP contribution >= 0.6 is 0 Å². The van der Waals surface area contributed by atoms with Crippen LogP contribution in [0.15, 0.2) is 53.6 Å². The Kier molecular flexibility index (Phi) is 6.79. The number of aromatic nitrogens is 1. The van der Waals surface area contributed by atoms with Crippen molar-refractivity contribution in [2.75, 3.05) is 62.1 Å². The summed E-state index contributed by atoms with van der Waals surface area (Å²) in [6.45, 7) is 8.46. The summed E-state index contributed by atoms with van der Waals surface area (Å²) < 4.78 is 27.7. The summed E-state index contributed by atoms with van der Waals surface area (Å²) in [6.07, 6.45) is 4.06. The Morgan fingerprint density at radius 1 is 1.03 bits per heavy atom. The van der Waals surface area contributed by atoms with E-state index in [1.165, 1.54) is 29.9 Å². The van der Waals surface area contributed by atoms with Gasteiger partial charge in [0, 0.05) is 51.5 Å². The zero-order chi connectivity index (χ0) is 21.8. The molecule has 31 heavy (non-hydrogen) atoms. The standard InChI is InChI=1S/C23H33N5O2S/c1-3-28(20-8-5-4-6-9-20)31(29,30)22-11-12-23(24-18-22)27-16-14-26(15-17-27)21-10-7-13-25(2)19-21/h4-6,8-9,11-12,18,21H,3,7,10,13-17,19H2,1-2H3. The molecule has 2 fully saturated rings. The predicted octanol–water partition coefficient (Wildman–Crippen LogP) is 2.51. The molecular formula is C23H33N5O2S. The molecule has 1 atom stereocenters. The monoisotopic (exact) mass is 443 g/mol. The van der Waals surface area contributed by atoms with Gasteiger partial charge in [0.25, 0.3) is 10.0 Å². The molecule has 8 heteroatoms. The molecule has 0 amide bonds. The third-order valence-corrected chi connectivity index (χ3v) is 8.28. The first-order chi connectivity index (χ1) is 15.0. The maximum Gasteiger partial charge on any atom is 0.265 e. The van der Waals surface area contributed by atoms with Gasteiger partial charge in [-0.1, -0.05) is 18.2 Å². The van der Waals surface area contributed by atoms with Gasteiger partial charge in [0.2, 0.25) is 0 Å². The number of para-hydroxylation sites is 1. The van der Waals surface area contributed by atoms with Crippen molar-refractivity contribution < 1.29 is 8.42 Å². The van der Waals surface area contributed by atoms with Crippen molar-refractivity contribution in [3.63, 3.8) is 0 Å². The van der Waals surface area contributed by atoms with Gasteiger partial charge in [0.1, 0.15) is 10.7 Å². The molecule has 1 unspecified atom stereocenters. The van der Waals surface area contributed by atoms with E-state index in [1.807, 2.05) is 43.3 Å². The fourth-order valence-corrected chi connectivity index (χ4v) is 6.10. The summed E-state index contributed by atoms with van der Waals surface area (Å²) in [5.41, 5.74) is 0.665. The molecular weight excluding hydrogens is 410 g/mol. The minimum Gasteiger partial charge on any atom is -0.354 e. The molecule has 2 aromatic rings. The number of anilines is 2. The van der Waals surface area contributed by atoms with Gasteiger partial charge in [0.15, 0.2) is 0 Å². The van der Waals surface area contributed by atoms with E-state index < -0.39 is 10.0 Å². The number of likely N-dealkylation sites (N-methyl/N-ethyl adjacent to an activating group) is 1. The van der Waals surface area contributed by atoms with E-state index in [9.17, 15) is 8.42 Å². The predicted molar refractivity (Wildman–Crippen MR) is 125 cm³/mol. The summed E-state index contributed by atoms with van der Waals surface area (Å²) in [4.78, 5) is 12.0. The summed E-state index contributed by atoms with van der Waals surface area (Å²) in [7, 11) is -1.43. The van der Waals surface area contributed by atoms with Crippen molar-refractivity contribution in [2.24, 2.45) is 0 Å². The zero-order valence-electron chi connectivity index (χ0n) is 18.5. The number of hydrogen-bond acceptors (Lipinski definition) is 6. The van der Waals surface area contributed by atoms with Gasteiger partial charge < -0.3 is 9.80 Å². The van der Waals surface area contributed by atoms with Gasteiger partial charge in [-0.15, -0.1) is 0 Å². The van der Waals surface area contributed by atoms with Gasteiger partial charge >= 0.3 is 0 Å². The summed E-state index contributed by atoms with van der Waals surface area (Å²) >= 11 is 0. The molecule has 2 aliphatic heterocycles. The van der Waals surface area contributed by atoms with Gasteiger partial charge in [-0.3, -0.25) is 9.21 Å². The van der Waals surface area contributed by atoms with Crippen LogP contribution in [0.25, 0.3) is 0 Å². The summed E-state index contributed by atoms with van der Waals surface area (Å²) in [6, 6.07) is 13.4. The number of rotatable bonds is 6. The summed E-state index contributed by atoms with van der Waals surface area (Å²) in [5, 5.41) is 0. The maximum absolute atomic E-state index is 13.2. The maximum atomic E-state index is 13.2. The number of piperazine rings is 1. The summed E-state index contributed by atoms with van der Waals surface area (Å²) in [5.74, 6) is 0.849. The zero-order valence-corrected chi connectivity index (χ0v) is 19.3. The lowest BCUT2D eigenvalue weighted by Gasteiger charge is -2.43. The number of benzene rings is 1. The molecule has 0 spiro atoms. The van der Waals surface area contributed by atoms with E-state index in [1.54, 1.807) is 6.07 Å². The molecule has 7 nitrogen and oxygen atoms in total. The molecule has 0 bridgehead atoms. The quantitative estimate of drug-likeness (QED) is 0.684. The van der Waals surface area contributed by atoms with Gasteiger partial charge in [0.05, 0.1) is 5.69 Å². The van der Waals surface area contributed by atoms with Gasteiger partial charge in [-0.05, 0) is 57.6 Å². The Balaban J connectivity index is 1.41. The molecule has 2 aliphatic rings. The average molecular weight is 444 g/mol. The van der Waals surface area contributed by atoms with E-state index >= 15 is 0 Å². The fourth-order valence-electron chi connectivity index (χ4n) is 4.68. The van der Waals surface area contributed by atoms with Crippen molar-refractivity contribution in [3.05, 3.63) is 48.7 Å². The van der Waals surface area contributed by atoms with E-state index in [4.69, 9.17) is 0 Å². The number of sulfonamides is 1. The lowest BCUT2D eigenvalue weighted by molar-refractivity contribution is 0.106. The second-order valence-electron chi connectivity index (χ2n) is 8.44. The number of piperidine rings is 1. The number of nitrogens with zero attached hydrogens (tertiary/aromatic N) is 5. The molecule has 168 valence electrons. The van der Waals surface area contributed by atoms with Crippen LogP contribution in [0.5, 0.6) is 0 Å². The highest BCUT2D eigenvalue weighted by atomic mass is 32.2. The largest absolute Gasteiger partial charge is 0.354 e. The second kappa shape index (κ2) is 9.54. The molecule has 0 aliphatic carbocycles. The SMILES string of the molecule is CCN(c1ccccc1)S(=O)(=O)c1ccc(N2CCN(C3CCCN(C)C3)CC2)nc1. The smallest absolute Gasteiger partial charge is 0.265 e. The van der Waals surface area contributed by atoms with Gasteiger partial charge in [-0.25, -0.2) is 13.4 Å². The number of hydrogen-bond donors (Lipinski definition) is 0. The lowest BCUT2D eigenvalue weighted by Crippen LogP contribution is -2.54. The molecule has 1 aromatic carbocycles. The minimum absolute atomic E-state index is 0.228. The van der Waals surface area contributed by atoms with E-state index in [-0.39, 0.29) is 4.90 Å². The van der Waals surface area contributed by atoms with Crippen molar-refractivity contribution in [3.8, 4) is 0 Å². The fraction of sp³-hybridized carbons (Fsp3) is 0.522. The topological polar surface area (TPSA) is 60.0 Å². The highest BCUT2D eigenvalue weighted by Crippen LogP contribution is 2.25. The highest BCUT2D eigenvalue weighted by molar-refractivity contribution is 7.92. The average Bonchev–Trinajstić information content (AvgIpc) is 2.80. The second-order valence-corrected chi connectivity index (χ2v) is 10.3. The number of pyridine rings is 1. The van der Waals surface area contributed by atoms with Crippen LogP contribution in [0.3, 0.4) is 0 Å². The van der Waals surface area contributed by atoms with Crippen LogP contribution in [0.4, 0.5) is 11.5 Å². The molecule has 3 heterocycles. The van der Waals surface area contributed by atoms with E-state index in [2.05, 4.69) is 26.7 Å². The first-order valence-corrected chi connectivity index (χ1v) is 12.6. The minimum atomic E-state index is -3.64. The van der Waals surface area contributed by atoms with Crippen molar-refractivity contribution in [1.82, 2.24) is 14.8 Å². The Bertz CT molecular complexity index is 944. The first-order valence-electron chi connectivity index (χ1n) is 11.2. The van der Waals surface area contributed by atoms with Crippen LogP contribution in [0.2, 0.25) is 0 Å². The van der Waals surface area contributed by atoms with E-state index in [0.29, 0.717) is 18.3 Å². The highest BCUT2D eigenvalue weighted by Gasteiger charge is 2.28. The van der Waals surface area contributed by atoms with Crippen molar-refractivity contribution >= 4 is 21.5 Å². The van der Waals surface area contributed by atoms with Crippen LogP contribution in [0.1, 0.15) is 19.8 Å². The Labute approximate surface area is 186 Å². The third kappa shape index (κ3) is 4.86.